The summed E-state index contributed by atoms with van der Waals surface area (Å²) in [6.45, 7) is 4.29. The van der Waals surface area contributed by atoms with E-state index in [1.165, 1.54) is 12.1 Å². The fraction of sp³-hybridized carbons (Fsp3) is 0.455. The van der Waals surface area contributed by atoms with E-state index in [1.54, 1.807) is 0 Å². The van der Waals surface area contributed by atoms with Gasteiger partial charge in [-0.25, -0.2) is 8.78 Å². The Morgan fingerprint density at radius 2 is 1.94 bits per heavy atom. The van der Waals surface area contributed by atoms with E-state index in [9.17, 15) is 8.78 Å². The molecule has 0 spiro atoms. The summed E-state index contributed by atoms with van der Waals surface area (Å²) in [5.74, 6) is -1.84. The van der Waals surface area contributed by atoms with Gasteiger partial charge in [0.25, 0.3) is 0 Å². The van der Waals surface area contributed by atoms with Crippen molar-refractivity contribution in [3.05, 3.63) is 34.4 Å². The van der Waals surface area contributed by atoms with E-state index in [1.807, 2.05) is 0 Å². The predicted molar refractivity (Wildman–Crippen MR) is 59.5 cm³/mol. The first kappa shape index (κ1) is 11.8. The summed E-state index contributed by atoms with van der Waals surface area (Å²) in [6, 6.07) is 2.70. The molecule has 0 unspecified atom stereocenters. The van der Waals surface area contributed by atoms with Gasteiger partial charge in [0.1, 0.15) is 0 Å². The molecular weight excluding hydrogens is 234 g/mol. The number of nitrogens with one attached hydrogen (secondary N) is 1. The Hall–Kier alpha value is -0.710. The molecule has 2 rings (SSSR count). The molecule has 0 saturated carbocycles. The molecule has 0 amide bonds. The molecule has 0 atom stereocenters. The van der Waals surface area contributed by atoms with Crippen LogP contribution in [0, 0.1) is 11.6 Å². The molecule has 1 fully saturated rings. The van der Waals surface area contributed by atoms with Gasteiger partial charge in [-0.1, -0.05) is 11.6 Å². The second-order valence-corrected chi connectivity index (χ2v) is 4.31. The summed E-state index contributed by atoms with van der Waals surface area (Å²) >= 11 is 5.59. The summed E-state index contributed by atoms with van der Waals surface area (Å²) in [7, 11) is 0. The standard InChI is InChI=1S/C11H13ClF2N2/c12-9-5-8(6-10(13)11(9)14)7-16-3-1-15-2-4-16/h5-6,15H,1-4,7H2. The lowest BCUT2D eigenvalue weighted by Crippen LogP contribution is -2.42. The number of hydrogen-bond acceptors (Lipinski definition) is 2. The van der Waals surface area contributed by atoms with Crippen molar-refractivity contribution in [2.45, 2.75) is 6.54 Å². The molecule has 0 aromatic heterocycles. The first-order valence-corrected chi connectivity index (χ1v) is 5.61. The highest BCUT2D eigenvalue weighted by Gasteiger charge is 2.13. The van der Waals surface area contributed by atoms with Gasteiger partial charge in [0.2, 0.25) is 0 Å². The Morgan fingerprint density at radius 3 is 2.56 bits per heavy atom. The largest absolute Gasteiger partial charge is 0.314 e. The zero-order valence-corrected chi connectivity index (χ0v) is 9.53. The fourth-order valence-electron chi connectivity index (χ4n) is 1.83. The Morgan fingerprint density at radius 1 is 1.25 bits per heavy atom. The van der Waals surface area contributed by atoms with E-state index in [2.05, 4.69) is 10.2 Å². The topological polar surface area (TPSA) is 15.3 Å². The summed E-state index contributed by atoms with van der Waals surface area (Å²) < 4.78 is 26.1. The molecule has 5 heteroatoms. The molecule has 1 aliphatic heterocycles. The number of hydrogen-bond donors (Lipinski definition) is 1. The van der Waals surface area contributed by atoms with Crippen molar-refractivity contribution >= 4 is 11.6 Å². The number of piperazine rings is 1. The minimum absolute atomic E-state index is 0.148. The number of benzene rings is 1. The van der Waals surface area contributed by atoms with Crippen LogP contribution in [0.3, 0.4) is 0 Å². The van der Waals surface area contributed by atoms with E-state index >= 15 is 0 Å². The number of nitrogens with zero attached hydrogens (tertiary/aromatic N) is 1. The maximum Gasteiger partial charge on any atom is 0.177 e. The molecule has 1 aromatic carbocycles. The zero-order valence-electron chi connectivity index (χ0n) is 8.77. The first-order chi connectivity index (χ1) is 7.66. The monoisotopic (exact) mass is 246 g/mol. The van der Waals surface area contributed by atoms with Crippen LogP contribution in [0.1, 0.15) is 5.56 Å². The van der Waals surface area contributed by atoms with Gasteiger partial charge in [-0.05, 0) is 17.7 Å². The number of rotatable bonds is 2. The van der Waals surface area contributed by atoms with Crippen molar-refractivity contribution in [2.24, 2.45) is 0 Å². The van der Waals surface area contributed by atoms with Crippen molar-refractivity contribution in [1.82, 2.24) is 10.2 Å². The summed E-state index contributed by atoms with van der Waals surface area (Å²) in [5, 5.41) is 3.08. The van der Waals surface area contributed by atoms with Crippen molar-refractivity contribution in [3.8, 4) is 0 Å². The van der Waals surface area contributed by atoms with Gasteiger partial charge in [-0.3, -0.25) is 4.90 Å². The lowest BCUT2D eigenvalue weighted by Gasteiger charge is -2.27. The van der Waals surface area contributed by atoms with Crippen LogP contribution in [0.15, 0.2) is 12.1 Å². The summed E-state index contributed by atoms with van der Waals surface area (Å²) in [4.78, 5) is 2.18. The Labute approximate surface area is 98.2 Å². The second-order valence-electron chi connectivity index (χ2n) is 3.90. The Kier molecular flexibility index (Phi) is 3.74. The van der Waals surface area contributed by atoms with E-state index in [-0.39, 0.29) is 5.02 Å². The van der Waals surface area contributed by atoms with Crippen molar-refractivity contribution < 1.29 is 8.78 Å². The van der Waals surface area contributed by atoms with Crippen molar-refractivity contribution in [2.75, 3.05) is 26.2 Å². The van der Waals surface area contributed by atoms with Gasteiger partial charge in [0.15, 0.2) is 11.6 Å². The molecular formula is C11H13ClF2N2. The van der Waals surface area contributed by atoms with Crippen LogP contribution in [0.2, 0.25) is 5.02 Å². The normalized spacial score (nSPS) is 17.7. The molecule has 1 saturated heterocycles. The molecule has 0 radical (unpaired) electrons. The highest BCUT2D eigenvalue weighted by Crippen LogP contribution is 2.20. The van der Waals surface area contributed by atoms with Crippen LogP contribution >= 0.6 is 11.6 Å². The molecule has 88 valence electrons. The molecule has 16 heavy (non-hydrogen) atoms. The Bertz CT molecular complexity index is 355. The van der Waals surface area contributed by atoms with Gasteiger partial charge in [-0.2, -0.15) is 0 Å². The van der Waals surface area contributed by atoms with E-state index < -0.39 is 11.6 Å². The van der Waals surface area contributed by atoms with Gasteiger partial charge in [0, 0.05) is 32.7 Å². The van der Waals surface area contributed by atoms with Gasteiger partial charge in [-0.15, -0.1) is 0 Å². The van der Waals surface area contributed by atoms with Crippen molar-refractivity contribution in [3.63, 3.8) is 0 Å². The van der Waals surface area contributed by atoms with Crippen LogP contribution in [-0.2, 0) is 6.54 Å². The van der Waals surface area contributed by atoms with Crippen LogP contribution in [-0.4, -0.2) is 31.1 Å². The average Bonchev–Trinajstić information content (AvgIpc) is 2.27. The summed E-state index contributed by atoms with van der Waals surface area (Å²) in [5.41, 5.74) is 0.714. The molecule has 0 aliphatic carbocycles. The third-order valence-corrected chi connectivity index (χ3v) is 2.93. The van der Waals surface area contributed by atoms with E-state index in [4.69, 9.17) is 11.6 Å². The molecule has 1 heterocycles. The van der Waals surface area contributed by atoms with E-state index in [0.29, 0.717) is 12.1 Å². The van der Waals surface area contributed by atoms with Gasteiger partial charge >= 0.3 is 0 Å². The predicted octanol–water partition coefficient (Wildman–Crippen LogP) is 2.02. The third kappa shape index (κ3) is 2.70. The first-order valence-electron chi connectivity index (χ1n) is 5.23. The zero-order chi connectivity index (χ0) is 11.5. The minimum Gasteiger partial charge on any atom is -0.314 e. The lowest BCUT2D eigenvalue weighted by molar-refractivity contribution is 0.233. The van der Waals surface area contributed by atoms with Crippen LogP contribution < -0.4 is 5.32 Å². The smallest absolute Gasteiger partial charge is 0.177 e. The molecule has 1 aliphatic rings. The van der Waals surface area contributed by atoms with Crippen molar-refractivity contribution in [1.29, 1.82) is 0 Å². The molecule has 1 N–H and O–H groups in total. The molecule has 0 bridgehead atoms. The van der Waals surface area contributed by atoms with E-state index in [0.717, 1.165) is 26.2 Å². The average molecular weight is 247 g/mol. The second kappa shape index (κ2) is 5.08. The maximum absolute atomic E-state index is 13.1. The summed E-state index contributed by atoms with van der Waals surface area (Å²) in [6.07, 6.45) is 0. The highest BCUT2D eigenvalue weighted by atomic mass is 35.5. The molecule has 2 nitrogen and oxygen atoms in total. The van der Waals surface area contributed by atoms with Crippen LogP contribution in [0.5, 0.6) is 0 Å². The highest BCUT2D eigenvalue weighted by molar-refractivity contribution is 6.30. The lowest BCUT2D eigenvalue weighted by atomic mass is 10.2. The van der Waals surface area contributed by atoms with Crippen LogP contribution in [0.25, 0.3) is 0 Å². The fourth-order valence-corrected chi connectivity index (χ4v) is 2.06. The van der Waals surface area contributed by atoms with Gasteiger partial charge in [0.05, 0.1) is 5.02 Å². The van der Waals surface area contributed by atoms with Gasteiger partial charge < -0.3 is 5.32 Å². The third-order valence-electron chi connectivity index (χ3n) is 2.66. The minimum atomic E-state index is -0.967. The van der Waals surface area contributed by atoms with Crippen LogP contribution in [0.4, 0.5) is 8.78 Å². The maximum atomic E-state index is 13.1. The quantitative estimate of drug-likeness (QED) is 0.804. The Balaban J connectivity index is 2.09. The molecule has 1 aromatic rings. The number of halogens is 3. The SMILES string of the molecule is Fc1cc(CN2CCNCC2)cc(Cl)c1F.